The number of aliphatic carboxylic acids is 1. The highest BCUT2D eigenvalue weighted by atomic mass is 32.2. The van der Waals surface area contributed by atoms with E-state index in [1.165, 1.54) is 37.4 Å². The molecule has 2 aromatic carbocycles. The van der Waals surface area contributed by atoms with E-state index in [0.717, 1.165) is 10.4 Å². The number of aliphatic hydroxyl groups is 1. The second-order valence-electron chi connectivity index (χ2n) is 9.80. The van der Waals surface area contributed by atoms with Crippen LogP contribution in [-0.4, -0.2) is 60.7 Å². The molecule has 0 fully saturated rings. The van der Waals surface area contributed by atoms with Crippen molar-refractivity contribution < 1.29 is 36.6 Å². The number of carboxylic acid groups (broad SMARTS) is 1. The normalized spacial score (nSPS) is 13.2. The number of carbonyl (C=O) groups is 1. The van der Waals surface area contributed by atoms with Crippen LogP contribution in [0.15, 0.2) is 41.3 Å². The molecule has 0 aliphatic rings. The number of likely N-dealkylation sites (N-methyl/N-ethyl adjacent to an activating group) is 1. The zero-order valence-electron chi connectivity index (χ0n) is 21.3. The van der Waals surface area contributed by atoms with Crippen molar-refractivity contribution in [3.05, 3.63) is 65.0 Å². The summed E-state index contributed by atoms with van der Waals surface area (Å²) < 4.78 is 68.5. The molecule has 0 aliphatic carbocycles. The molecule has 0 spiro atoms. The summed E-state index contributed by atoms with van der Waals surface area (Å²) in [7, 11) is -2.83. The number of rotatable bonds is 15. The van der Waals surface area contributed by atoms with Gasteiger partial charge in [0.25, 0.3) is 0 Å². The van der Waals surface area contributed by atoms with Crippen LogP contribution in [0, 0.1) is 17.5 Å². The Hall–Kier alpha value is -2.47. The lowest BCUT2D eigenvalue weighted by atomic mass is 9.95. The Bertz CT molecular complexity index is 1150. The first-order valence-corrected chi connectivity index (χ1v) is 13.5. The van der Waals surface area contributed by atoms with E-state index in [0.29, 0.717) is 18.4 Å². The van der Waals surface area contributed by atoms with Gasteiger partial charge in [-0.25, -0.2) is 21.6 Å². The number of nitrogens with one attached hydrogen (secondary N) is 1. The van der Waals surface area contributed by atoms with Gasteiger partial charge in [0.2, 0.25) is 10.0 Å². The molecule has 1 unspecified atom stereocenters. The van der Waals surface area contributed by atoms with Crippen LogP contribution >= 0.6 is 0 Å². The number of β-amino-alcohol motifs (C(OH)–C–C–N with tert-alkyl or cyclic N) is 1. The number of hydrogen-bond donors (Lipinski definition) is 3. The highest BCUT2D eigenvalue weighted by molar-refractivity contribution is 7.89. The van der Waals surface area contributed by atoms with Gasteiger partial charge < -0.3 is 15.5 Å². The van der Waals surface area contributed by atoms with Crippen LogP contribution in [0.25, 0.3) is 0 Å². The van der Waals surface area contributed by atoms with Gasteiger partial charge in [-0.1, -0.05) is 6.07 Å². The van der Waals surface area contributed by atoms with Crippen LogP contribution in [0.5, 0.6) is 0 Å². The van der Waals surface area contributed by atoms with Crippen molar-refractivity contribution in [2.24, 2.45) is 0 Å². The van der Waals surface area contributed by atoms with E-state index in [1.54, 1.807) is 0 Å². The molecule has 2 rings (SSSR count). The molecule has 0 aromatic heterocycles. The van der Waals surface area contributed by atoms with Gasteiger partial charge in [0.15, 0.2) is 0 Å². The molecule has 2 aromatic rings. The van der Waals surface area contributed by atoms with E-state index in [-0.39, 0.29) is 49.2 Å². The van der Waals surface area contributed by atoms with Crippen LogP contribution in [0.1, 0.15) is 50.7 Å². The molecule has 7 nitrogen and oxygen atoms in total. The van der Waals surface area contributed by atoms with Gasteiger partial charge in [-0.2, -0.15) is 4.31 Å². The number of hydrogen-bond acceptors (Lipinski definition) is 5. The molecule has 3 N–H and O–H groups in total. The highest BCUT2D eigenvalue weighted by Gasteiger charge is 2.26. The SMILES string of the molecule is CN(CC(O)CNC(C)(C)CCCc1c(F)cccc1F)S(=O)(=O)c1cc(F)cc(CCCC(=O)O)c1. The fraction of sp³-hybridized carbons (Fsp3) is 0.500. The number of halogens is 3. The lowest BCUT2D eigenvalue weighted by Gasteiger charge is -2.29. The van der Waals surface area contributed by atoms with Gasteiger partial charge in [0.1, 0.15) is 17.5 Å². The Morgan fingerprint density at radius 3 is 2.35 bits per heavy atom. The quantitative estimate of drug-likeness (QED) is 0.314. The minimum absolute atomic E-state index is 0.0348. The average molecular weight is 545 g/mol. The Morgan fingerprint density at radius 2 is 1.73 bits per heavy atom. The van der Waals surface area contributed by atoms with E-state index < -0.39 is 45.1 Å². The predicted octanol–water partition coefficient (Wildman–Crippen LogP) is 3.88. The number of nitrogens with zero attached hydrogens (tertiary/aromatic N) is 1. The zero-order valence-corrected chi connectivity index (χ0v) is 22.1. The third-order valence-electron chi connectivity index (χ3n) is 6.07. The van der Waals surface area contributed by atoms with Crippen LogP contribution in [0.3, 0.4) is 0 Å². The molecule has 0 amide bonds. The fourth-order valence-corrected chi connectivity index (χ4v) is 5.25. The number of carboxylic acids is 1. The topological polar surface area (TPSA) is 107 Å². The monoisotopic (exact) mass is 544 g/mol. The van der Waals surface area contributed by atoms with Crippen molar-refractivity contribution in [3.63, 3.8) is 0 Å². The van der Waals surface area contributed by atoms with Crippen LogP contribution < -0.4 is 5.32 Å². The van der Waals surface area contributed by atoms with Crippen molar-refractivity contribution in [2.75, 3.05) is 20.1 Å². The van der Waals surface area contributed by atoms with Gasteiger partial charge in [-0.3, -0.25) is 4.79 Å². The van der Waals surface area contributed by atoms with E-state index in [9.17, 15) is 31.5 Å². The van der Waals surface area contributed by atoms with Gasteiger partial charge >= 0.3 is 5.97 Å². The molecule has 0 heterocycles. The summed E-state index contributed by atoms with van der Waals surface area (Å²) in [6.07, 6.45) is 0.524. The Kier molecular flexibility index (Phi) is 11.1. The molecule has 37 heavy (non-hydrogen) atoms. The molecule has 0 saturated carbocycles. The molecular formula is C26H35F3N2O5S. The van der Waals surface area contributed by atoms with Gasteiger partial charge in [-0.05, 0) is 81.8 Å². The molecule has 0 aliphatic heterocycles. The van der Waals surface area contributed by atoms with Crippen molar-refractivity contribution >= 4 is 16.0 Å². The zero-order chi connectivity index (χ0) is 27.8. The summed E-state index contributed by atoms with van der Waals surface area (Å²) in [5.41, 5.74) is -0.0897. The van der Waals surface area contributed by atoms with E-state index in [2.05, 4.69) is 5.32 Å². The van der Waals surface area contributed by atoms with E-state index in [1.807, 2.05) is 13.8 Å². The molecule has 1 atom stereocenters. The highest BCUT2D eigenvalue weighted by Crippen LogP contribution is 2.21. The predicted molar refractivity (Wildman–Crippen MR) is 134 cm³/mol. The molecule has 0 bridgehead atoms. The van der Waals surface area contributed by atoms with E-state index in [4.69, 9.17) is 5.11 Å². The van der Waals surface area contributed by atoms with Gasteiger partial charge in [0, 0.05) is 37.7 Å². The molecule has 0 saturated heterocycles. The Labute approximate surface area is 216 Å². The maximum absolute atomic E-state index is 14.1. The largest absolute Gasteiger partial charge is 0.481 e. The number of aliphatic hydroxyl groups excluding tert-OH is 1. The summed E-state index contributed by atoms with van der Waals surface area (Å²) in [5, 5.41) is 22.4. The van der Waals surface area contributed by atoms with Crippen LogP contribution in [0.2, 0.25) is 0 Å². The summed E-state index contributed by atoms with van der Waals surface area (Å²) in [6.45, 7) is 3.55. The first kappa shape index (κ1) is 30.8. The fourth-order valence-electron chi connectivity index (χ4n) is 3.96. The minimum Gasteiger partial charge on any atom is -0.481 e. The standard InChI is InChI=1S/C26H35F3N2O5S/c1-26(2,12-6-8-22-23(28)9-5-10-24(22)29)30-16-20(32)17-31(3)37(35,36)21-14-18(13-19(27)15-21)7-4-11-25(33)34/h5,9-10,13-15,20,30,32H,4,6-8,11-12,16-17H2,1-3H3,(H,33,34). The maximum atomic E-state index is 14.1. The number of sulfonamides is 1. The Morgan fingerprint density at radius 1 is 1.08 bits per heavy atom. The molecule has 206 valence electrons. The lowest BCUT2D eigenvalue weighted by molar-refractivity contribution is -0.137. The van der Waals surface area contributed by atoms with Crippen molar-refractivity contribution in [2.45, 2.75) is 68.9 Å². The lowest BCUT2D eigenvalue weighted by Crippen LogP contribution is -2.46. The van der Waals surface area contributed by atoms with Gasteiger partial charge in [0.05, 0.1) is 11.0 Å². The minimum atomic E-state index is -4.11. The van der Waals surface area contributed by atoms with Crippen molar-refractivity contribution in [1.29, 1.82) is 0 Å². The third-order valence-corrected chi connectivity index (χ3v) is 7.87. The van der Waals surface area contributed by atoms with Crippen molar-refractivity contribution in [3.8, 4) is 0 Å². The van der Waals surface area contributed by atoms with Crippen molar-refractivity contribution in [1.82, 2.24) is 9.62 Å². The summed E-state index contributed by atoms with van der Waals surface area (Å²) in [5.74, 6) is -2.92. The third kappa shape index (κ3) is 9.73. The first-order valence-electron chi connectivity index (χ1n) is 12.0. The number of benzene rings is 2. The van der Waals surface area contributed by atoms with E-state index >= 15 is 0 Å². The van der Waals surface area contributed by atoms with Gasteiger partial charge in [-0.15, -0.1) is 0 Å². The Balaban J connectivity index is 1.91. The summed E-state index contributed by atoms with van der Waals surface area (Å²) in [6, 6.07) is 7.11. The summed E-state index contributed by atoms with van der Waals surface area (Å²) >= 11 is 0. The molecule has 11 heteroatoms. The molecule has 0 radical (unpaired) electrons. The smallest absolute Gasteiger partial charge is 0.303 e. The average Bonchev–Trinajstić information content (AvgIpc) is 2.79. The number of aryl methyl sites for hydroxylation is 1. The second kappa shape index (κ2) is 13.4. The summed E-state index contributed by atoms with van der Waals surface area (Å²) in [4.78, 5) is 10.4. The second-order valence-corrected chi connectivity index (χ2v) is 11.8. The maximum Gasteiger partial charge on any atom is 0.303 e. The first-order chi connectivity index (χ1) is 17.2. The van der Waals surface area contributed by atoms with Crippen LogP contribution in [0.4, 0.5) is 13.2 Å². The molecular weight excluding hydrogens is 509 g/mol. The van der Waals surface area contributed by atoms with Crippen LogP contribution in [-0.2, 0) is 27.7 Å².